The third kappa shape index (κ3) is 3.54. The predicted molar refractivity (Wildman–Crippen MR) is 138 cm³/mol. The third-order valence-corrected chi connectivity index (χ3v) is 6.77. The summed E-state index contributed by atoms with van der Waals surface area (Å²) in [5.41, 5.74) is 4.64. The number of nitrogens with one attached hydrogen (secondary N) is 1. The van der Waals surface area contributed by atoms with E-state index in [1.165, 1.54) is 0 Å². The van der Waals surface area contributed by atoms with Gasteiger partial charge < -0.3 is 29.0 Å². The zero-order valence-electron chi connectivity index (χ0n) is 20.9. The summed E-state index contributed by atoms with van der Waals surface area (Å²) in [6.45, 7) is 0. The standard InChI is InChI=1S/C28H26N4O5/c1-33-17-11-9-16(10-12-17)24-22-23(31-28-29-15-30-32(24)28)18-7-5-6-8-20(18)37-25(22)19-13-14-21(34-2)27(36-4)26(19)35-3/h5-15,24-25H,1-4H3,(H,29,30,31)/t24-,25+/m0/s1. The molecule has 0 fully saturated rings. The summed E-state index contributed by atoms with van der Waals surface area (Å²) < 4.78 is 31.1. The number of hydrogen-bond acceptors (Lipinski definition) is 8. The molecule has 0 spiro atoms. The van der Waals surface area contributed by atoms with Crippen LogP contribution in [-0.4, -0.2) is 43.2 Å². The lowest BCUT2D eigenvalue weighted by Crippen LogP contribution is -2.32. The molecule has 0 saturated carbocycles. The zero-order valence-corrected chi connectivity index (χ0v) is 20.9. The van der Waals surface area contributed by atoms with Gasteiger partial charge in [-0.1, -0.05) is 24.3 Å². The first-order valence-corrected chi connectivity index (χ1v) is 11.8. The van der Waals surface area contributed by atoms with Gasteiger partial charge in [-0.25, -0.2) is 4.68 Å². The molecule has 9 heteroatoms. The summed E-state index contributed by atoms with van der Waals surface area (Å²) in [6, 6.07) is 19.4. The molecule has 1 aromatic heterocycles. The van der Waals surface area contributed by atoms with Crippen LogP contribution in [0.3, 0.4) is 0 Å². The monoisotopic (exact) mass is 498 g/mol. The van der Waals surface area contributed by atoms with Crippen LogP contribution in [-0.2, 0) is 0 Å². The Morgan fingerprint density at radius 1 is 0.838 bits per heavy atom. The fourth-order valence-electron chi connectivity index (χ4n) is 5.11. The van der Waals surface area contributed by atoms with Crippen molar-refractivity contribution in [2.45, 2.75) is 12.1 Å². The van der Waals surface area contributed by atoms with Gasteiger partial charge in [0.05, 0.1) is 34.1 Å². The number of hydrogen-bond donors (Lipinski definition) is 1. The molecule has 0 bridgehead atoms. The number of fused-ring (bicyclic) bond motifs is 3. The molecule has 37 heavy (non-hydrogen) atoms. The number of anilines is 1. The minimum Gasteiger partial charge on any atom is -0.497 e. The second-order valence-corrected chi connectivity index (χ2v) is 8.58. The van der Waals surface area contributed by atoms with Gasteiger partial charge in [-0.15, -0.1) is 0 Å². The van der Waals surface area contributed by atoms with E-state index >= 15 is 0 Å². The first-order chi connectivity index (χ1) is 18.2. The maximum Gasteiger partial charge on any atom is 0.226 e. The van der Waals surface area contributed by atoms with E-state index in [1.54, 1.807) is 34.8 Å². The maximum absolute atomic E-state index is 6.73. The van der Waals surface area contributed by atoms with Gasteiger partial charge in [-0.3, -0.25) is 0 Å². The highest BCUT2D eigenvalue weighted by Gasteiger charge is 2.42. The Morgan fingerprint density at radius 3 is 2.35 bits per heavy atom. The van der Waals surface area contributed by atoms with Crippen molar-refractivity contribution in [3.05, 3.63) is 89.3 Å². The van der Waals surface area contributed by atoms with E-state index in [0.717, 1.165) is 39.5 Å². The Balaban J connectivity index is 1.62. The van der Waals surface area contributed by atoms with E-state index in [4.69, 9.17) is 23.7 Å². The lowest BCUT2D eigenvalue weighted by molar-refractivity contribution is 0.215. The van der Waals surface area contributed by atoms with Crippen LogP contribution in [0.25, 0.3) is 5.70 Å². The molecule has 0 aliphatic carbocycles. The van der Waals surface area contributed by atoms with Crippen molar-refractivity contribution in [2.24, 2.45) is 0 Å². The number of aromatic nitrogens is 3. The summed E-state index contributed by atoms with van der Waals surface area (Å²) >= 11 is 0. The molecule has 1 N–H and O–H groups in total. The second-order valence-electron chi connectivity index (χ2n) is 8.58. The average molecular weight is 499 g/mol. The Morgan fingerprint density at radius 2 is 1.62 bits per heavy atom. The molecule has 2 atom stereocenters. The minimum atomic E-state index is -0.531. The topological polar surface area (TPSA) is 88.9 Å². The molecule has 6 rings (SSSR count). The smallest absolute Gasteiger partial charge is 0.226 e. The number of ether oxygens (including phenoxy) is 5. The molecule has 0 amide bonds. The van der Waals surface area contributed by atoms with Crippen LogP contribution in [0.2, 0.25) is 0 Å². The number of benzene rings is 3. The van der Waals surface area contributed by atoms with Crippen molar-refractivity contribution >= 4 is 11.6 Å². The molecular formula is C28H26N4O5. The second kappa shape index (κ2) is 9.09. The lowest BCUT2D eigenvalue weighted by atomic mass is 9.84. The van der Waals surface area contributed by atoms with Crippen molar-refractivity contribution < 1.29 is 23.7 Å². The van der Waals surface area contributed by atoms with Crippen molar-refractivity contribution in [3.63, 3.8) is 0 Å². The highest BCUT2D eigenvalue weighted by Crippen LogP contribution is 2.54. The summed E-state index contributed by atoms with van der Waals surface area (Å²) in [7, 11) is 6.46. The summed E-state index contributed by atoms with van der Waals surface area (Å²) in [5.74, 6) is 3.77. The van der Waals surface area contributed by atoms with Crippen LogP contribution in [0.4, 0.5) is 5.95 Å². The highest BCUT2D eigenvalue weighted by molar-refractivity contribution is 5.85. The third-order valence-electron chi connectivity index (χ3n) is 6.77. The molecule has 0 unspecified atom stereocenters. The normalized spacial score (nSPS) is 17.5. The van der Waals surface area contributed by atoms with Gasteiger partial charge in [0.15, 0.2) is 17.6 Å². The maximum atomic E-state index is 6.73. The first kappa shape index (κ1) is 22.8. The average Bonchev–Trinajstić information content (AvgIpc) is 3.43. The highest BCUT2D eigenvalue weighted by atomic mass is 16.5. The number of rotatable bonds is 6. The zero-order chi connectivity index (χ0) is 25.5. The number of methoxy groups -OCH3 is 4. The van der Waals surface area contributed by atoms with Crippen LogP contribution in [0.15, 0.2) is 72.6 Å². The first-order valence-electron chi connectivity index (χ1n) is 11.8. The molecule has 3 aromatic carbocycles. The summed E-state index contributed by atoms with van der Waals surface area (Å²) in [4.78, 5) is 4.49. The largest absolute Gasteiger partial charge is 0.497 e. The quantitative estimate of drug-likeness (QED) is 0.403. The summed E-state index contributed by atoms with van der Waals surface area (Å²) in [5, 5.41) is 8.10. The molecule has 188 valence electrons. The Bertz CT molecular complexity index is 1490. The van der Waals surface area contributed by atoms with E-state index < -0.39 is 6.10 Å². The lowest BCUT2D eigenvalue weighted by Gasteiger charge is -2.39. The van der Waals surface area contributed by atoms with Crippen LogP contribution in [0.1, 0.15) is 28.8 Å². The molecule has 0 radical (unpaired) electrons. The van der Waals surface area contributed by atoms with E-state index in [-0.39, 0.29) is 6.04 Å². The van der Waals surface area contributed by atoms with Gasteiger partial charge >= 0.3 is 0 Å². The molecular weight excluding hydrogens is 472 g/mol. The van der Waals surface area contributed by atoms with Gasteiger partial charge in [-0.2, -0.15) is 10.1 Å². The molecule has 4 aromatic rings. The van der Waals surface area contributed by atoms with Crippen molar-refractivity contribution in [2.75, 3.05) is 33.8 Å². The van der Waals surface area contributed by atoms with Gasteiger partial charge in [0.1, 0.15) is 23.9 Å². The van der Waals surface area contributed by atoms with Crippen LogP contribution < -0.4 is 29.0 Å². The van der Waals surface area contributed by atoms with Gasteiger partial charge in [0, 0.05) is 16.7 Å². The summed E-state index contributed by atoms with van der Waals surface area (Å²) in [6.07, 6.45) is 1.02. The Hall–Kier alpha value is -4.66. The van der Waals surface area contributed by atoms with Crippen LogP contribution in [0.5, 0.6) is 28.7 Å². The Kier molecular flexibility index (Phi) is 5.60. The van der Waals surface area contributed by atoms with E-state index in [1.807, 2.05) is 65.3 Å². The van der Waals surface area contributed by atoms with Gasteiger partial charge in [0.25, 0.3) is 0 Å². The van der Waals surface area contributed by atoms with E-state index in [2.05, 4.69) is 15.4 Å². The Labute approximate surface area is 214 Å². The minimum absolute atomic E-state index is 0.309. The van der Waals surface area contributed by atoms with Crippen LogP contribution in [0, 0.1) is 0 Å². The molecule has 2 aliphatic rings. The molecule has 0 saturated heterocycles. The SMILES string of the molecule is COc1ccc([C@H]2C3=C(Nc4ncnn42)c2ccccc2O[C@@H]3c2ccc(OC)c(OC)c2OC)cc1. The van der Waals surface area contributed by atoms with Crippen molar-refractivity contribution in [3.8, 4) is 28.7 Å². The fraction of sp³-hybridized carbons (Fsp3) is 0.214. The van der Waals surface area contributed by atoms with Gasteiger partial charge in [-0.05, 0) is 42.0 Å². The van der Waals surface area contributed by atoms with E-state index in [0.29, 0.717) is 23.2 Å². The molecule has 3 heterocycles. The number of nitrogens with zero attached hydrogens (tertiary/aromatic N) is 3. The molecule has 9 nitrogen and oxygen atoms in total. The predicted octanol–water partition coefficient (Wildman–Crippen LogP) is 4.87. The van der Waals surface area contributed by atoms with Crippen molar-refractivity contribution in [1.29, 1.82) is 0 Å². The fourth-order valence-corrected chi connectivity index (χ4v) is 5.11. The van der Waals surface area contributed by atoms with Crippen molar-refractivity contribution in [1.82, 2.24) is 14.8 Å². The van der Waals surface area contributed by atoms with Gasteiger partial charge in [0.2, 0.25) is 11.7 Å². The number of para-hydroxylation sites is 1. The van der Waals surface area contributed by atoms with Crippen LogP contribution >= 0.6 is 0 Å². The molecule has 2 aliphatic heterocycles. The van der Waals surface area contributed by atoms with E-state index in [9.17, 15) is 0 Å².